The molecule has 0 radical (unpaired) electrons. The molecule has 4 aromatic rings. The van der Waals surface area contributed by atoms with Crippen LogP contribution in [-0.4, -0.2) is 104 Å². The molecule has 3 aliphatic heterocycles. The second kappa shape index (κ2) is 15.7. The van der Waals surface area contributed by atoms with Gasteiger partial charge in [-0.1, -0.05) is 66.2 Å². The van der Waals surface area contributed by atoms with Crippen LogP contribution in [0.4, 0.5) is 15.5 Å². The summed E-state index contributed by atoms with van der Waals surface area (Å²) in [5, 5.41) is 61.5. The van der Waals surface area contributed by atoms with Crippen LogP contribution in [0.3, 0.4) is 0 Å². The van der Waals surface area contributed by atoms with Crippen molar-refractivity contribution >= 4 is 43.2 Å². The minimum absolute atomic E-state index is 0.112. The summed E-state index contributed by atoms with van der Waals surface area (Å²) in [7, 11) is -3.46. The Morgan fingerprint density at radius 3 is 2.43 bits per heavy atom. The van der Waals surface area contributed by atoms with Gasteiger partial charge in [0.25, 0.3) is 11.8 Å². The van der Waals surface area contributed by atoms with E-state index in [0.717, 1.165) is 5.56 Å². The molecule has 2 saturated heterocycles. The van der Waals surface area contributed by atoms with Crippen molar-refractivity contribution in [3.05, 3.63) is 106 Å². The molecule has 1 spiro atoms. The number of hydrogen-bond donors (Lipinski definition) is 6. The summed E-state index contributed by atoms with van der Waals surface area (Å²) in [5.41, 5.74) is 1.58. The molecule has 0 aliphatic carbocycles. The Labute approximate surface area is 328 Å². The van der Waals surface area contributed by atoms with Crippen LogP contribution in [0.1, 0.15) is 41.6 Å². The van der Waals surface area contributed by atoms with Crippen molar-refractivity contribution in [1.29, 1.82) is 0 Å². The Hall–Kier alpha value is -4.10. The molecule has 1 aromatic heterocycles. The van der Waals surface area contributed by atoms with Gasteiger partial charge in [0, 0.05) is 40.5 Å². The van der Waals surface area contributed by atoms with Crippen molar-refractivity contribution < 1.29 is 48.7 Å². The molecule has 298 valence electrons. The van der Waals surface area contributed by atoms with Crippen molar-refractivity contribution in [1.82, 2.24) is 15.0 Å². The molecule has 14 nitrogen and oxygen atoms in total. The van der Waals surface area contributed by atoms with E-state index in [1.165, 1.54) is 0 Å². The Balaban J connectivity index is 1.10. The van der Waals surface area contributed by atoms with E-state index in [1.807, 2.05) is 37.3 Å². The first-order valence-corrected chi connectivity index (χ1v) is 21.8. The average Bonchev–Trinajstić information content (AvgIpc) is 3.82. The number of hydrogen-bond acceptors (Lipinski definition) is 11. The summed E-state index contributed by atoms with van der Waals surface area (Å²) >= 11 is 6.54. The highest BCUT2D eigenvalue weighted by Crippen LogP contribution is 2.60. The molecular weight excluding hydrogens is 765 g/mol. The smallest absolute Gasteiger partial charge is 0.264 e. The van der Waals surface area contributed by atoms with E-state index in [9.17, 15) is 35.1 Å². The molecule has 3 aromatic carbocycles. The predicted molar refractivity (Wildman–Crippen MR) is 205 cm³/mol. The number of nitrogens with one attached hydrogen (secondary N) is 1. The highest BCUT2D eigenvalue weighted by molar-refractivity contribution is 6.72. The lowest BCUT2D eigenvalue weighted by molar-refractivity contribution is -0.274. The number of aromatic nitrogens is 3. The van der Waals surface area contributed by atoms with E-state index in [1.54, 1.807) is 71.3 Å². The number of nitrogens with zero attached hydrogens (tertiary/aromatic N) is 4. The molecule has 0 bridgehead atoms. The van der Waals surface area contributed by atoms with Crippen LogP contribution in [0, 0.1) is 5.92 Å². The third kappa shape index (κ3) is 7.29. The number of carbonyl (C=O) groups excluding carboxylic acids is 2. The second-order valence-electron chi connectivity index (χ2n) is 15.3. The third-order valence-corrected chi connectivity index (χ3v) is 14.0. The van der Waals surface area contributed by atoms with Gasteiger partial charge in [-0.2, -0.15) is 0 Å². The lowest BCUT2D eigenvalue weighted by Crippen LogP contribution is -2.60. The van der Waals surface area contributed by atoms with E-state index in [-0.39, 0.29) is 25.0 Å². The number of carbonyl (C=O) groups is 2. The number of halogens is 2. The number of amides is 2. The van der Waals surface area contributed by atoms with Gasteiger partial charge < -0.3 is 49.3 Å². The molecule has 3 aliphatic rings. The van der Waals surface area contributed by atoms with Crippen molar-refractivity contribution in [3.8, 4) is 0 Å². The molecular formula is C39H45ClFN5O9Si. The van der Waals surface area contributed by atoms with Crippen molar-refractivity contribution in [2.45, 2.75) is 93.4 Å². The van der Waals surface area contributed by atoms with Crippen molar-refractivity contribution in [3.63, 3.8) is 0 Å². The van der Waals surface area contributed by atoms with Crippen LogP contribution in [0.2, 0.25) is 23.7 Å². The second-order valence-corrected chi connectivity index (χ2v) is 19.5. The molecule has 10 atom stereocenters. The highest BCUT2D eigenvalue weighted by Gasteiger charge is 2.66. The maximum Gasteiger partial charge on any atom is 0.264 e. The van der Waals surface area contributed by atoms with Gasteiger partial charge in [0.05, 0.1) is 36.6 Å². The number of aliphatic hydroxyl groups excluding tert-OH is 5. The van der Waals surface area contributed by atoms with Gasteiger partial charge in [0.1, 0.15) is 18.3 Å². The number of anilines is 2. The first-order chi connectivity index (χ1) is 26.6. The Kier molecular flexibility index (Phi) is 11.2. The van der Waals surface area contributed by atoms with E-state index in [4.69, 9.17) is 21.1 Å². The molecule has 2 amide bonds. The number of rotatable bonds is 11. The van der Waals surface area contributed by atoms with E-state index in [2.05, 4.69) is 15.6 Å². The van der Waals surface area contributed by atoms with Crippen molar-refractivity contribution in [2.75, 3.05) is 16.8 Å². The van der Waals surface area contributed by atoms with Gasteiger partial charge in [-0.15, -0.1) is 5.10 Å². The molecule has 7 rings (SSSR count). The molecule has 1 unspecified atom stereocenters. The van der Waals surface area contributed by atoms with Gasteiger partial charge >= 0.3 is 0 Å². The van der Waals surface area contributed by atoms with Gasteiger partial charge in [-0.05, 0) is 61.0 Å². The van der Waals surface area contributed by atoms with Gasteiger partial charge in [0.2, 0.25) is 8.41 Å². The first kappa shape index (κ1) is 40.1. The third-order valence-electron chi connectivity index (χ3n) is 11.3. The first-order valence-electron chi connectivity index (χ1n) is 18.5. The molecule has 0 saturated carbocycles. The highest BCUT2D eigenvalue weighted by atomic mass is 35.5. The zero-order valence-corrected chi connectivity index (χ0v) is 32.7. The van der Waals surface area contributed by atoms with E-state index in [0.29, 0.717) is 46.2 Å². The zero-order chi connectivity index (χ0) is 40.1. The Morgan fingerprint density at radius 2 is 1.75 bits per heavy atom. The molecule has 56 heavy (non-hydrogen) atoms. The van der Waals surface area contributed by atoms with Gasteiger partial charge in [-0.25, -0.2) is 0 Å². The zero-order valence-electron chi connectivity index (χ0n) is 30.9. The lowest BCUT2D eigenvalue weighted by Gasteiger charge is -2.37. The minimum atomic E-state index is -3.46. The van der Waals surface area contributed by atoms with Crippen LogP contribution < -0.4 is 10.2 Å². The monoisotopic (exact) mass is 809 g/mol. The number of benzene rings is 3. The summed E-state index contributed by atoms with van der Waals surface area (Å²) in [4.78, 5) is 29.2. The van der Waals surface area contributed by atoms with Crippen LogP contribution in [0.5, 0.6) is 0 Å². The molecule has 4 heterocycles. The SMILES string of the molecule is C[C@H]1[C@H]([Si](C)(C)F)[C@@H](CCn2cc(C(CO)c3ccccc3)nn2)O[C@]12C(=O)N(Cc1ccc(NC(=O)[C@H]3O[C@@H](O)[C@H](O)[C@@H](O)[C@@H]3O)cc1)c1ccc(Cl)cc12. The Morgan fingerprint density at radius 1 is 1.04 bits per heavy atom. The Bertz CT molecular complexity index is 2060. The molecule has 17 heteroatoms. The lowest BCUT2D eigenvalue weighted by atomic mass is 9.82. The summed E-state index contributed by atoms with van der Waals surface area (Å²) in [6, 6.07) is 21.2. The van der Waals surface area contributed by atoms with Crippen LogP contribution >= 0.6 is 11.6 Å². The fourth-order valence-corrected chi connectivity index (χ4v) is 11.2. The van der Waals surface area contributed by atoms with Crippen LogP contribution in [-0.2, 0) is 37.8 Å². The topological polar surface area (TPSA) is 200 Å². The quantitative estimate of drug-likeness (QED) is 0.0961. The summed E-state index contributed by atoms with van der Waals surface area (Å²) in [5.74, 6) is -2.10. The fraction of sp³-hybridized carbons (Fsp3) is 0.436. The van der Waals surface area contributed by atoms with Gasteiger partial charge in [-0.3, -0.25) is 14.3 Å². The molecule has 2 fully saturated rings. The summed E-state index contributed by atoms with van der Waals surface area (Å²) in [6.45, 7) is 5.44. The number of aryl methyl sites for hydroxylation is 1. The maximum atomic E-state index is 16.4. The number of ether oxygens (including phenoxy) is 2. The number of aliphatic hydroxyl groups is 5. The normalized spacial score (nSPS) is 29.5. The van der Waals surface area contributed by atoms with Crippen molar-refractivity contribution in [2.24, 2.45) is 5.92 Å². The predicted octanol–water partition coefficient (Wildman–Crippen LogP) is 3.21. The standard InChI is InChI=1S/C39H45ClFN5O9Si/c1-21-35(56(2,3)41)30(15-16-45-19-28(43-44-45)26(20-47)23-7-5-4-6-8-23)55-39(21)27-17-24(40)11-14-29(27)46(38(39)53)18-22-9-12-25(13-10-22)42-36(51)34-32(49)31(48)33(50)37(52)54-34/h4-14,17,19,21,26,30-35,37,47-50,52H,15-16,18,20H2,1-3H3,(H,42,51)/t21-,26?,30+,31-,32-,33+,34-,35-,37+,39+/m0/s1. The van der Waals surface area contributed by atoms with Crippen LogP contribution in [0.25, 0.3) is 0 Å². The summed E-state index contributed by atoms with van der Waals surface area (Å²) in [6.07, 6.45) is -7.37. The number of fused-ring (bicyclic) bond motifs is 2. The summed E-state index contributed by atoms with van der Waals surface area (Å²) < 4.78 is 29.9. The fourth-order valence-electron chi connectivity index (χ4n) is 8.51. The average molecular weight is 810 g/mol. The van der Waals surface area contributed by atoms with Crippen LogP contribution in [0.15, 0.2) is 79.0 Å². The van der Waals surface area contributed by atoms with Gasteiger partial charge in [0.15, 0.2) is 18.0 Å². The largest absolute Gasteiger partial charge is 0.395 e. The minimum Gasteiger partial charge on any atom is -0.395 e. The maximum absolute atomic E-state index is 16.4. The van der Waals surface area contributed by atoms with E-state index >= 15 is 4.11 Å². The molecule has 6 N–H and O–H groups in total. The van der Waals surface area contributed by atoms with E-state index < -0.39 is 68.2 Å².